The molecule has 0 aliphatic carbocycles. The third kappa shape index (κ3) is 3.15. The first-order valence-corrected chi connectivity index (χ1v) is 5.38. The van der Waals surface area contributed by atoms with Crippen LogP contribution < -0.4 is 4.74 Å². The van der Waals surface area contributed by atoms with E-state index < -0.39 is 5.82 Å². The Balaban J connectivity index is 2.28. The van der Waals surface area contributed by atoms with Gasteiger partial charge in [-0.2, -0.15) is 15.0 Å². The van der Waals surface area contributed by atoms with E-state index >= 15 is 0 Å². The Hall–Kier alpha value is -1.17. The van der Waals surface area contributed by atoms with Crippen molar-refractivity contribution in [3.8, 4) is 11.8 Å². The van der Waals surface area contributed by atoms with Gasteiger partial charge in [-0.25, -0.2) is 4.39 Å². The molecule has 8 heteroatoms. The Labute approximate surface area is 110 Å². The summed E-state index contributed by atoms with van der Waals surface area (Å²) in [7, 11) is 0. The molecule has 88 valence electrons. The third-order valence-electron chi connectivity index (χ3n) is 1.66. The molecule has 0 radical (unpaired) electrons. The number of aromatic nitrogens is 3. The Bertz CT molecular complexity index is 547. The standard InChI is InChI=1S/C9H3Cl3FN3O/c10-5-2-1-4(3-6(5)13)17-9-15-7(11)14-8(12)16-9/h1-3H. The van der Waals surface area contributed by atoms with Crippen LogP contribution in [0.15, 0.2) is 18.2 Å². The first kappa shape index (κ1) is 12.3. The second kappa shape index (κ2) is 5.00. The molecular formula is C9H3Cl3FN3O. The number of hydrogen-bond acceptors (Lipinski definition) is 4. The maximum Gasteiger partial charge on any atom is 0.327 e. The van der Waals surface area contributed by atoms with Gasteiger partial charge in [0.05, 0.1) is 5.02 Å². The summed E-state index contributed by atoms with van der Waals surface area (Å²) in [6, 6.07) is 3.76. The molecule has 0 bridgehead atoms. The Morgan fingerprint density at radius 1 is 1.00 bits per heavy atom. The molecule has 1 heterocycles. The number of ether oxygens (including phenoxy) is 1. The van der Waals surface area contributed by atoms with Gasteiger partial charge in [0.15, 0.2) is 0 Å². The average Bonchev–Trinajstić information content (AvgIpc) is 2.22. The smallest absolute Gasteiger partial charge is 0.327 e. The molecule has 17 heavy (non-hydrogen) atoms. The number of hydrogen-bond donors (Lipinski definition) is 0. The summed E-state index contributed by atoms with van der Waals surface area (Å²) in [5.74, 6) is -0.444. The van der Waals surface area contributed by atoms with E-state index in [4.69, 9.17) is 39.5 Å². The molecule has 1 aromatic carbocycles. The van der Waals surface area contributed by atoms with E-state index in [0.717, 1.165) is 6.07 Å². The van der Waals surface area contributed by atoms with Crippen LogP contribution in [0.1, 0.15) is 0 Å². The molecule has 0 aliphatic rings. The molecule has 0 fully saturated rings. The van der Waals surface area contributed by atoms with Gasteiger partial charge in [-0.3, -0.25) is 0 Å². The maximum atomic E-state index is 13.1. The zero-order chi connectivity index (χ0) is 12.4. The molecule has 4 nitrogen and oxygen atoms in total. The van der Waals surface area contributed by atoms with Crippen LogP contribution in [0, 0.1) is 5.82 Å². The van der Waals surface area contributed by atoms with E-state index in [9.17, 15) is 4.39 Å². The van der Waals surface area contributed by atoms with Crippen molar-refractivity contribution >= 4 is 34.8 Å². The highest BCUT2D eigenvalue weighted by molar-refractivity contribution is 6.31. The van der Waals surface area contributed by atoms with Crippen LogP contribution in [0.5, 0.6) is 11.8 Å². The van der Waals surface area contributed by atoms with Crippen molar-refractivity contribution in [3.63, 3.8) is 0 Å². The molecule has 0 spiro atoms. The average molecular weight is 294 g/mol. The van der Waals surface area contributed by atoms with Gasteiger partial charge in [0.1, 0.15) is 11.6 Å². The van der Waals surface area contributed by atoms with Crippen LogP contribution in [-0.2, 0) is 0 Å². The molecule has 2 rings (SSSR count). The highest BCUT2D eigenvalue weighted by Gasteiger charge is 2.07. The molecule has 2 aromatic rings. The van der Waals surface area contributed by atoms with E-state index in [1.54, 1.807) is 0 Å². The largest absolute Gasteiger partial charge is 0.424 e. The first-order valence-electron chi connectivity index (χ1n) is 4.24. The third-order valence-corrected chi connectivity index (χ3v) is 2.31. The number of halogens is 4. The number of rotatable bonds is 2. The fourth-order valence-corrected chi connectivity index (χ4v) is 1.47. The van der Waals surface area contributed by atoms with Crippen molar-refractivity contribution in [1.29, 1.82) is 0 Å². The van der Waals surface area contributed by atoms with Crippen molar-refractivity contribution in [2.75, 3.05) is 0 Å². The van der Waals surface area contributed by atoms with Crippen LogP contribution >= 0.6 is 34.8 Å². The lowest BCUT2D eigenvalue weighted by atomic mass is 10.3. The van der Waals surface area contributed by atoms with Gasteiger partial charge in [-0.15, -0.1) is 0 Å². The zero-order valence-corrected chi connectivity index (χ0v) is 10.3. The SMILES string of the molecule is Fc1cc(Oc2nc(Cl)nc(Cl)n2)ccc1Cl. The Morgan fingerprint density at radius 2 is 1.65 bits per heavy atom. The molecule has 0 saturated carbocycles. The minimum absolute atomic E-state index is 0.0101. The molecule has 0 N–H and O–H groups in total. The minimum Gasteiger partial charge on any atom is -0.424 e. The summed E-state index contributed by atoms with van der Waals surface area (Å²) in [6.07, 6.45) is 0. The monoisotopic (exact) mass is 293 g/mol. The van der Waals surface area contributed by atoms with Crippen molar-refractivity contribution in [3.05, 3.63) is 39.6 Å². The Morgan fingerprint density at radius 3 is 2.24 bits per heavy atom. The second-order valence-corrected chi connectivity index (χ2v) is 3.92. The summed E-state index contributed by atoms with van der Waals surface area (Å²) in [5.41, 5.74) is 0. The number of nitrogens with zero attached hydrogens (tertiary/aromatic N) is 3. The highest BCUT2D eigenvalue weighted by Crippen LogP contribution is 2.24. The van der Waals surface area contributed by atoms with Gasteiger partial charge < -0.3 is 4.74 Å². The summed E-state index contributed by atoms with van der Waals surface area (Å²) < 4.78 is 18.3. The molecule has 0 unspecified atom stereocenters. The van der Waals surface area contributed by atoms with Crippen LogP contribution in [0.3, 0.4) is 0 Å². The summed E-state index contributed by atoms with van der Waals surface area (Å²) in [4.78, 5) is 10.9. The van der Waals surface area contributed by atoms with Crippen LogP contribution in [0.4, 0.5) is 4.39 Å². The van der Waals surface area contributed by atoms with Crippen LogP contribution in [0.2, 0.25) is 15.6 Å². The van der Waals surface area contributed by atoms with Crippen molar-refractivity contribution in [2.45, 2.75) is 0 Å². The van der Waals surface area contributed by atoms with E-state index in [1.165, 1.54) is 12.1 Å². The molecule has 0 aliphatic heterocycles. The highest BCUT2D eigenvalue weighted by atomic mass is 35.5. The second-order valence-electron chi connectivity index (χ2n) is 2.83. The van der Waals surface area contributed by atoms with Gasteiger partial charge in [0.2, 0.25) is 10.6 Å². The van der Waals surface area contributed by atoms with Gasteiger partial charge >= 0.3 is 6.01 Å². The summed E-state index contributed by atoms with van der Waals surface area (Å²) >= 11 is 16.6. The quantitative estimate of drug-likeness (QED) is 0.846. The van der Waals surface area contributed by atoms with Gasteiger partial charge in [0.25, 0.3) is 0 Å². The maximum absolute atomic E-state index is 13.1. The fourth-order valence-electron chi connectivity index (χ4n) is 1.00. The lowest BCUT2D eigenvalue weighted by molar-refractivity contribution is 0.436. The van der Waals surface area contributed by atoms with Crippen molar-refractivity contribution in [1.82, 2.24) is 15.0 Å². The van der Waals surface area contributed by atoms with Crippen molar-refractivity contribution < 1.29 is 9.13 Å². The van der Waals surface area contributed by atoms with Crippen LogP contribution in [-0.4, -0.2) is 15.0 Å². The van der Waals surface area contributed by atoms with E-state index in [0.29, 0.717) is 0 Å². The first-order chi connectivity index (χ1) is 8.04. The normalized spacial score (nSPS) is 10.4. The predicted octanol–water partition coefficient (Wildman–Crippen LogP) is 3.76. The van der Waals surface area contributed by atoms with Crippen molar-refractivity contribution in [2.24, 2.45) is 0 Å². The van der Waals surface area contributed by atoms with Crippen LogP contribution in [0.25, 0.3) is 0 Å². The zero-order valence-electron chi connectivity index (χ0n) is 7.99. The fraction of sp³-hybridized carbons (Fsp3) is 0. The van der Waals surface area contributed by atoms with Gasteiger partial charge in [-0.1, -0.05) is 11.6 Å². The van der Waals surface area contributed by atoms with Gasteiger partial charge in [0, 0.05) is 6.07 Å². The molecule has 0 amide bonds. The number of benzene rings is 1. The van der Waals surface area contributed by atoms with Gasteiger partial charge in [-0.05, 0) is 35.3 Å². The molecule has 0 atom stereocenters. The van der Waals surface area contributed by atoms with E-state index in [-0.39, 0.29) is 27.3 Å². The van der Waals surface area contributed by atoms with E-state index in [1.807, 2.05) is 0 Å². The molecule has 0 saturated heterocycles. The molecular weight excluding hydrogens is 291 g/mol. The minimum atomic E-state index is -0.615. The summed E-state index contributed by atoms with van der Waals surface area (Å²) in [6.45, 7) is 0. The predicted molar refractivity (Wildman–Crippen MR) is 61.3 cm³/mol. The Kier molecular flexibility index (Phi) is 3.61. The lowest BCUT2D eigenvalue weighted by Crippen LogP contribution is -1.95. The van der Waals surface area contributed by atoms with E-state index in [2.05, 4.69) is 15.0 Å². The topological polar surface area (TPSA) is 47.9 Å². The summed E-state index contributed by atoms with van der Waals surface area (Å²) in [5, 5.41) is -0.243. The molecule has 1 aromatic heterocycles. The lowest BCUT2D eigenvalue weighted by Gasteiger charge is -2.04.